The molecule has 7 rings (SSSR count). The topological polar surface area (TPSA) is 72.9 Å². The van der Waals surface area contributed by atoms with E-state index in [4.69, 9.17) is 0 Å². The Kier molecular flexibility index (Phi) is 5.01. The molecular formula is C24H26F2N6O. The highest BCUT2D eigenvalue weighted by Crippen LogP contribution is 2.43. The van der Waals surface area contributed by atoms with Crippen LogP contribution in [0.2, 0.25) is 0 Å². The first-order valence-corrected chi connectivity index (χ1v) is 11.6. The maximum atomic E-state index is 13.7. The minimum atomic E-state index is -2.50. The van der Waals surface area contributed by atoms with Gasteiger partial charge >= 0.3 is 0 Å². The summed E-state index contributed by atoms with van der Waals surface area (Å²) in [7, 11) is 0. The van der Waals surface area contributed by atoms with Crippen LogP contribution in [0.25, 0.3) is 10.9 Å². The van der Waals surface area contributed by atoms with Crippen LogP contribution in [0.4, 0.5) is 8.78 Å². The highest BCUT2D eigenvalue weighted by molar-refractivity contribution is 6.05. The number of amides is 1. The van der Waals surface area contributed by atoms with E-state index in [0.29, 0.717) is 12.1 Å². The minimum Gasteiger partial charge on any atom is -0.335 e. The predicted octanol–water partition coefficient (Wildman–Crippen LogP) is 3.12. The molecule has 33 heavy (non-hydrogen) atoms. The maximum Gasteiger partial charge on any atom is 0.257 e. The van der Waals surface area contributed by atoms with Crippen LogP contribution in [0, 0.1) is 11.8 Å². The Morgan fingerprint density at radius 2 is 1.97 bits per heavy atom. The van der Waals surface area contributed by atoms with Crippen molar-refractivity contribution in [2.75, 3.05) is 6.54 Å². The van der Waals surface area contributed by atoms with Crippen molar-refractivity contribution >= 4 is 23.1 Å². The molecule has 1 saturated carbocycles. The summed E-state index contributed by atoms with van der Waals surface area (Å²) in [6.45, 7) is 0.626. The van der Waals surface area contributed by atoms with E-state index in [0.717, 1.165) is 42.3 Å². The summed E-state index contributed by atoms with van der Waals surface area (Å²) in [5.41, 5.74) is 5.33. The Bertz CT molecular complexity index is 1130. The SMILES string of the molecule is O=C(c1cccc2cccnc12)N1C[C@@H]2CC[C@@H]1CC[C@@H]2C1=CC(C(F)F)NC2N=CNN12. The Hall–Kier alpha value is -3.07. The van der Waals surface area contributed by atoms with Crippen LogP contribution in [-0.4, -0.2) is 58.5 Å². The molecule has 1 amide bonds. The van der Waals surface area contributed by atoms with Crippen molar-refractivity contribution in [2.24, 2.45) is 16.8 Å². The molecular weight excluding hydrogens is 426 g/mol. The van der Waals surface area contributed by atoms with Crippen LogP contribution in [0.3, 0.4) is 0 Å². The third-order valence-electron chi connectivity index (χ3n) is 7.53. The molecule has 0 radical (unpaired) electrons. The number of aliphatic imine (C=N–C) groups is 1. The zero-order valence-corrected chi connectivity index (χ0v) is 18.1. The molecule has 2 unspecified atom stereocenters. The van der Waals surface area contributed by atoms with Crippen molar-refractivity contribution in [3.8, 4) is 0 Å². The number of hydrogen-bond donors (Lipinski definition) is 2. The predicted molar refractivity (Wildman–Crippen MR) is 120 cm³/mol. The van der Waals surface area contributed by atoms with Gasteiger partial charge in [-0.2, -0.15) is 0 Å². The Balaban J connectivity index is 1.30. The molecule has 2 bridgehead atoms. The molecule has 9 heteroatoms. The number of aromatic nitrogens is 1. The van der Waals surface area contributed by atoms with Gasteiger partial charge in [0.05, 0.1) is 17.1 Å². The zero-order chi connectivity index (χ0) is 22.5. The number of rotatable bonds is 3. The lowest BCUT2D eigenvalue weighted by Gasteiger charge is -2.42. The average molecular weight is 453 g/mol. The molecule has 2 aromatic rings. The number of pyridine rings is 1. The van der Waals surface area contributed by atoms with Gasteiger partial charge < -0.3 is 4.90 Å². The average Bonchev–Trinajstić information content (AvgIpc) is 3.14. The number of piperidine rings is 1. The molecule has 5 heterocycles. The van der Waals surface area contributed by atoms with E-state index >= 15 is 0 Å². The number of fused-ring (bicyclic) bond motifs is 6. The summed E-state index contributed by atoms with van der Waals surface area (Å²) in [6.07, 6.45) is 5.53. The summed E-state index contributed by atoms with van der Waals surface area (Å²) in [6, 6.07) is 8.69. The van der Waals surface area contributed by atoms with Gasteiger partial charge in [-0.25, -0.2) is 13.8 Å². The summed E-state index contributed by atoms with van der Waals surface area (Å²) in [4.78, 5) is 24.4. The van der Waals surface area contributed by atoms with Crippen molar-refractivity contribution in [2.45, 2.75) is 50.5 Å². The van der Waals surface area contributed by atoms with Gasteiger partial charge in [-0.05, 0) is 49.8 Å². The molecule has 5 atom stereocenters. The van der Waals surface area contributed by atoms with E-state index in [1.165, 1.54) is 0 Å². The molecule has 4 aliphatic heterocycles. The maximum absolute atomic E-state index is 13.7. The lowest BCUT2D eigenvalue weighted by molar-refractivity contribution is 0.0511. The molecule has 1 aromatic carbocycles. The lowest BCUT2D eigenvalue weighted by atomic mass is 9.82. The number of carbonyl (C=O) groups excluding carboxylic acids is 1. The summed E-state index contributed by atoms with van der Waals surface area (Å²) in [5, 5.41) is 5.69. The van der Waals surface area contributed by atoms with E-state index in [1.807, 2.05) is 40.2 Å². The van der Waals surface area contributed by atoms with Crippen molar-refractivity contribution in [3.63, 3.8) is 0 Å². The third-order valence-corrected chi connectivity index (χ3v) is 7.53. The Morgan fingerprint density at radius 3 is 2.85 bits per heavy atom. The summed E-state index contributed by atoms with van der Waals surface area (Å²) >= 11 is 0. The number of benzene rings is 1. The van der Waals surface area contributed by atoms with Gasteiger partial charge in [0.15, 0.2) is 6.29 Å². The van der Waals surface area contributed by atoms with Crippen molar-refractivity contribution in [1.82, 2.24) is 25.6 Å². The smallest absolute Gasteiger partial charge is 0.257 e. The monoisotopic (exact) mass is 452 g/mol. The number of hydrazine groups is 1. The Morgan fingerprint density at radius 1 is 1.12 bits per heavy atom. The van der Waals surface area contributed by atoms with Crippen molar-refractivity contribution in [3.05, 3.63) is 53.9 Å². The fourth-order valence-electron chi connectivity index (χ4n) is 5.93. The van der Waals surface area contributed by atoms with E-state index in [2.05, 4.69) is 20.7 Å². The largest absolute Gasteiger partial charge is 0.335 e. The van der Waals surface area contributed by atoms with E-state index in [1.54, 1.807) is 18.6 Å². The number of hydrogen-bond acceptors (Lipinski definition) is 6. The van der Waals surface area contributed by atoms with Crippen LogP contribution < -0.4 is 10.7 Å². The van der Waals surface area contributed by atoms with Crippen LogP contribution in [-0.2, 0) is 0 Å². The molecule has 7 nitrogen and oxygen atoms in total. The van der Waals surface area contributed by atoms with Crippen LogP contribution in [0.5, 0.6) is 0 Å². The van der Waals surface area contributed by atoms with Crippen molar-refractivity contribution < 1.29 is 13.6 Å². The molecule has 2 N–H and O–H groups in total. The number of nitrogens with one attached hydrogen (secondary N) is 2. The van der Waals surface area contributed by atoms with Gasteiger partial charge in [0.1, 0.15) is 6.34 Å². The molecule has 2 saturated heterocycles. The number of halogens is 2. The molecule has 1 aliphatic carbocycles. The summed E-state index contributed by atoms with van der Waals surface area (Å²) in [5.74, 6) is 0.319. The number of allylic oxidation sites excluding steroid dienone is 1. The van der Waals surface area contributed by atoms with Gasteiger partial charge in [0.2, 0.25) is 0 Å². The van der Waals surface area contributed by atoms with Crippen LogP contribution in [0.15, 0.2) is 53.3 Å². The zero-order valence-electron chi connectivity index (χ0n) is 18.1. The normalized spacial score (nSPS) is 30.9. The summed E-state index contributed by atoms with van der Waals surface area (Å²) < 4.78 is 27.2. The van der Waals surface area contributed by atoms with Gasteiger partial charge in [-0.1, -0.05) is 18.2 Å². The first-order chi connectivity index (χ1) is 16.1. The van der Waals surface area contributed by atoms with Crippen LogP contribution >= 0.6 is 0 Å². The second kappa shape index (κ2) is 8.06. The number of nitrogens with zero attached hydrogens (tertiary/aromatic N) is 4. The highest BCUT2D eigenvalue weighted by Gasteiger charge is 2.45. The molecule has 1 aromatic heterocycles. The number of para-hydroxylation sites is 1. The van der Waals surface area contributed by atoms with Gasteiger partial charge in [0, 0.05) is 35.8 Å². The number of carbonyl (C=O) groups is 1. The standard InChI is InChI=1S/C24H26F2N6O/c25-22(26)19-11-20(32-24(30-19)28-13-29-32)17-9-8-16-7-6-15(17)12-31(16)23(33)18-5-1-3-14-4-2-10-27-21(14)18/h1-5,10-11,13,15-17,19,22,24,30H,6-9,12H2,(H,28,29)/t15-,16+,17-,19?,24?/m0/s1. The molecule has 3 fully saturated rings. The highest BCUT2D eigenvalue weighted by atomic mass is 19.3. The third kappa shape index (κ3) is 3.45. The van der Waals surface area contributed by atoms with Crippen LogP contribution in [0.1, 0.15) is 36.0 Å². The number of alkyl halides is 2. The quantitative estimate of drug-likeness (QED) is 0.749. The Labute approximate surface area is 190 Å². The van der Waals surface area contributed by atoms with Gasteiger partial charge in [-0.3, -0.25) is 25.5 Å². The van der Waals surface area contributed by atoms with E-state index in [9.17, 15) is 13.6 Å². The fourth-order valence-corrected chi connectivity index (χ4v) is 5.93. The first kappa shape index (κ1) is 20.5. The van der Waals surface area contributed by atoms with E-state index < -0.39 is 18.8 Å². The second-order valence-electron chi connectivity index (χ2n) is 9.28. The molecule has 5 aliphatic rings. The van der Waals surface area contributed by atoms with Gasteiger partial charge in [-0.15, -0.1) is 0 Å². The first-order valence-electron chi connectivity index (χ1n) is 11.6. The minimum absolute atomic E-state index is 0.0138. The van der Waals surface area contributed by atoms with Crippen molar-refractivity contribution in [1.29, 1.82) is 0 Å². The fraction of sp³-hybridized carbons (Fsp3) is 0.458. The lowest BCUT2D eigenvalue weighted by Crippen LogP contribution is -2.56. The van der Waals surface area contributed by atoms with E-state index in [-0.39, 0.29) is 23.8 Å². The molecule has 0 spiro atoms. The second-order valence-corrected chi connectivity index (χ2v) is 9.28. The molecule has 172 valence electrons. The van der Waals surface area contributed by atoms with Gasteiger partial charge in [0.25, 0.3) is 12.3 Å².